The Hall–Kier alpha value is 0.180. The summed E-state index contributed by atoms with van der Waals surface area (Å²) in [7, 11) is 0.786. The van der Waals surface area contributed by atoms with Gasteiger partial charge in [0.2, 0.25) is 10.5 Å². The molecule has 0 N–H and O–H groups in total. The fourth-order valence-corrected chi connectivity index (χ4v) is 3.22. The molecule has 0 unspecified atom stereocenters. The summed E-state index contributed by atoms with van der Waals surface area (Å²) in [5.74, 6) is 1.15. The molecule has 2 aliphatic carbocycles. The van der Waals surface area contributed by atoms with Crippen molar-refractivity contribution in [3.05, 3.63) is 41.0 Å². The minimum Gasteiger partial charge on any atom is -1.00 e. The molecular weight excluding hydrogens is 410 g/mol. The normalized spacial score (nSPS) is 14.8. The summed E-state index contributed by atoms with van der Waals surface area (Å²) < 4.78 is 7.19. The van der Waals surface area contributed by atoms with Crippen molar-refractivity contribution in [3.8, 4) is 5.75 Å². The Kier molecular flexibility index (Phi) is 11.0. The van der Waals surface area contributed by atoms with Crippen LogP contribution >= 0.6 is 0 Å². The van der Waals surface area contributed by atoms with Crippen LogP contribution in [0.2, 0.25) is 0 Å². The molecule has 1 nitrogen and oxygen atoms in total. The maximum atomic E-state index is 5.68. The summed E-state index contributed by atoms with van der Waals surface area (Å²) in [6.07, 6.45) is 12.9. The van der Waals surface area contributed by atoms with Crippen molar-refractivity contribution < 1.29 is 53.5 Å². The fraction of sp³-hybridized carbons (Fsp3) is 0.412. The molecule has 0 aromatic heterocycles. The van der Waals surface area contributed by atoms with E-state index in [0.29, 0.717) is 0 Å². The third kappa shape index (κ3) is 5.67. The predicted molar refractivity (Wildman–Crippen MR) is 87.3 cm³/mol. The van der Waals surface area contributed by atoms with Crippen molar-refractivity contribution >= 4 is 19.3 Å². The minimum absolute atomic E-state index is 0. The molecule has 2 aliphatic rings. The molecule has 0 saturated carbocycles. The Labute approximate surface area is 164 Å². The van der Waals surface area contributed by atoms with Crippen molar-refractivity contribution in [1.82, 2.24) is 0 Å². The van der Waals surface area contributed by atoms with Gasteiger partial charge in [-0.2, -0.15) is 11.1 Å². The van der Waals surface area contributed by atoms with Crippen molar-refractivity contribution in [1.29, 1.82) is 0 Å². The van der Waals surface area contributed by atoms with Crippen molar-refractivity contribution in [3.63, 3.8) is 0 Å². The Morgan fingerprint density at radius 2 is 1.86 bits per heavy atom. The van der Waals surface area contributed by atoms with Crippen LogP contribution in [0, 0.1) is 0 Å². The second-order valence-corrected chi connectivity index (χ2v) is 8.49. The van der Waals surface area contributed by atoms with E-state index in [4.69, 9.17) is 4.43 Å². The van der Waals surface area contributed by atoms with Crippen LogP contribution < -0.4 is 29.2 Å². The molecule has 1 aromatic carbocycles. The van der Waals surface area contributed by atoms with E-state index in [9.17, 15) is 0 Å². The third-order valence-electron chi connectivity index (χ3n) is 3.68. The molecule has 22 heavy (non-hydrogen) atoms. The number of halogens is 2. The third-order valence-corrected chi connectivity index (χ3v) is 4.12. The number of allylic oxidation sites excluding steroid dienone is 4. The van der Waals surface area contributed by atoms with Crippen molar-refractivity contribution in [2.45, 2.75) is 46.0 Å². The van der Waals surface area contributed by atoms with E-state index in [0.717, 1.165) is 22.7 Å². The van der Waals surface area contributed by atoms with Crippen LogP contribution in [-0.4, -0.2) is 13.7 Å². The van der Waals surface area contributed by atoms with E-state index in [1.54, 1.807) is 35.4 Å². The molecule has 0 saturated heterocycles. The Morgan fingerprint density at radius 1 is 1.23 bits per heavy atom. The maximum Gasteiger partial charge on any atom is 0.200 e. The first-order chi connectivity index (χ1) is 9.63. The fourth-order valence-electron chi connectivity index (χ4n) is 2.90. The topological polar surface area (TPSA) is 9.23 Å². The molecule has 0 fully saturated rings. The number of aryl methyl sites for hydroxylation is 1. The van der Waals surface area contributed by atoms with Crippen molar-refractivity contribution in [2.24, 2.45) is 0 Å². The molecule has 0 heterocycles. The van der Waals surface area contributed by atoms with Gasteiger partial charge in [0.25, 0.3) is 0 Å². The Balaban J connectivity index is 0.000000665. The summed E-state index contributed by atoms with van der Waals surface area (Å²) in [5.41, 5.74) is 6.00. The first-order valence-electron chi connectivity index (χ1n) is 7.36. The van der Waals surface area contributed by atoms with Crippen LogP contribution in [-0.2, 0) is 37.1 Å². The standard InChI is InChI=1S/C14H17OSi.C3H6.2ClH.Zr/c16-15-13-9-11-7-3-4-8-12(11)14(13)10-5-1-2-6-10;1-3-2;;;/h1-2,5,9H,3-4,6-8H2,16H3;1-2H3;2*1H;/q-1;;;;+2/p-2. The van der Waals surface area contributed by atoms with Gasteiger partial charge >= 0.3 is 41.3 Å². The molecule has 120 valence electrons. The molecule has 0 spiro atoms. The number of hydrogen-bond donors (Lipinski definition) is 0. The summed E-state index contributed by atoms with van der Waals surface area (Å²) in [5, 5.41) is 0. The van der Waals surface area contributed by atoms with Crippen LogP contribution in [0.15, 0.2) is 24.3 Å². The van der Waals surface area contributed by atoms with Gasteiger partial charge in [-0.3, -0.25) is 0 Å². The number of fused-ring (bicyclic) bond motifs is 1. The zero-order valence-electron chi connectivity index (χ0n) is 13.5. The first-order valence-corrected chi connectivity index (χ1v) is 9.41. The zero-order valence-corrected chi connectivity index (χ0v) is 19.5. The second kappa shape index (κ2) is 10.9. The van der Waals surface area contributed by atoms with Gasteiger partial charge in [0, 0.05) is 0 Å². The van der Waals surface area contributed by atoms with Crippen LogP contribution in [0.1, 0.15) is 49.8 Å². The van der Waals surface area contributed by atoms with E-state index in [1.165, 1.54) is 40.0 Å². The van der Waals surface area contributed by atoms with Gasteiger partial charge in [-0.05, 0) is 12.2 Å². The van der Waals surface area contributed by atoms with Crippen LogP contribution in [0.4, 0.5) is 0 Å². The van der Waals surface area contributed by atoms with E-state index >= 15 is 0 Å². The average molecular weight is 434 g/mol. The zero-order chi connectivity index (χ0) is 14.5. The van der Waals surface area contributed by atoms with E-state index in [1.807, 2.05) is 0 Å². The van der Waals surface area contributed by atoms with E-state index in [2.05, 4.69) is 38.1 Å². The minimum atomic E-state index is 0. The van der Waals surface area contributed by atoms with Gasteiger partial charge in [-0.15, -0.1) is 11.6 Å². The molecule has 3 rings (SSSR count). The SMILES string of the molecule is C[C](C)=[Zr+2].[Cl-].[Cl-].[SiH3]Oc1[cH-]c2c(c1C1=CC=CC1)CCCC2. The summed E-state index contributed by atoms with van der Waals surface area (Å²) >= 11 is 1.55. The van der Waals surface area contributed by atoms with Gasteiger partial charge < -0.3 is 29.2 Å². The summed E-state index contributed by atoms with van der Waals surface area (Å²) in [4.78, 5) is 0. The molecule has 1 aromatic rings. The molecule has 0 bridgehead atoms. The van der Waals surface area contributed by atoms with Crippen LogP contribution in [0.5, 0.6) is 5.75 Å². The molecule has 0 radical (unpaired) electrons. The quantitative estimate of drug-likeness (QED) is 0.358. The van der Waals surface area contributed by atoms with Crippen LogP contribution in [0.3, 0.4) is 0 Å². The predicted octanol–water partition coefficient (Wildman–Crippen LogP) is -2.96. The Morgan fingerprint density at radius 3 is 2.41 bits per heavy atom. The van der Waals surface area contributed by atoms with Gasteiger partial charge in [0.05, 0.1) is 0 Å². The number of rotatable bonds is 2. The number of hydrogen-bond acceptors (Lipinski definition) is 1. The second-order valence-electron chi connectivity index (χ2n) is 5.62. The monoisotopic (exact) mass is 431 g/mol. The van der Waals surface area contributed by atoms with Gasteiger partial charge in [-0.25, -0.2) is 0 Å². The summed E-state index contributed by atoms with van der Waals surface area (Å²) in [6, 6.07) is 2.29. The van der Waals surface area contributed by atoms with Gasteiger partial charge in [-0.1, -0.05) is 49.5 Å². The smallest absolute Gasteiger partial charge is 0.200 e. The van der Waals surface area contributed by atoms with Crippen molar-refractivity contribution in [2.75, 3.05) is 0 Å². The molecule has 0 atom stereocenters. The average Bonchev–Trinajstić information content (AvgIpc) is 3.04. The van der Waals surface area contributed by atoms with Gasteiger partial charge in [0.1, 0.15) is 0 Å². The first kappa shape index (κ1) is 22.2. The van der Waals surface area contributed by atoms with E-state index in [-0.39, 0.29) is 24.8 Å². The van der Waals surface area contributed by atoms with Crippen LogP contribution in [0.25, 0.3) is 5.57 Å². The van der Waals surface area contributed by atoms with Gasteiger partial charge in [0.15, 0.2) is 0 Å². The maximum absolute atomic E-state index is 5.68. The molecule has 5 heteroatoms. The van der Waals surface area contributed by atoms with E-state index < -0.39 is 0 Å². The summed E-state index contributed by atoms with van der Waals surface area (Å²) in [6.45, 7) is 4.25. The molecule has 0 aliphatic heterocycles. The molecular formula is C17H23Cl2OSiZr-. The largest absolute Gasteiger partial charge is 1.00 e. The Bertz CT molecular complexity index is 557. The molecule has 0 amide bonds.